The molecule has 0 bridgehead atoms. The first-order valence-corrected chi connectivity index (χ1v) is 8.57. The van der Waals surface area contributed by atoms with Gasteiger partial charge in [0.15, 0.2) is 0 Å². The van der Waals surface area contributed by atoms with Crippen LogP contribution in [0.1, 0.15) is 31.7 Å². The molecular weight excluding hydrogens is 294 g/mol. The van der Waals surface area contributed by atoms with Gasteiger partial charge in [-0.05, 0) is 13.3 Å². The van der Waals surface area contributed by atoms with Crippen molar-refractivity contribution in [3.8, 4) is 11.3 Å². The van der Waals surface area contributed by atoms with Gasteiger partial charge in [0.25, 0.3) is 0 Å². The van der Waals surface area contributed by atoms with E-state index in [0.29, 0.717) is 19.5 Å². The molecule has 1 aromatic carbocycles. The van der Waals surface area contributed by atoms with E-state index in [4.69, 9.17) is 0 Å². The Bertz CT molecular complexity index is 583. The summed E-state index contributed by atoms with van der Waals surface area (Å²) in [7, 11) is 0. The van der Waals surface area contributed by atoms with Gasteiger partial charge in [-0.15, -0.1) is 11.3 Å². The van der Waals surface area contributed by atoms with Gasteiger partial charge >= 0.3 is 0 Å². The number of carbonyl (C=O) groups is 1. The van der Waals surface area contributed by atoms with E-state index in [-0.39, 0.29) is 11.9 Å². The number of nitrogens with one attached hydrogen (secondary N) is 2. The first kappa shape index (κ1) is 16.6. The molecule has 2 aromatic rings. The molecule has 1 unspecified atom stereocenters. The van der Waals surface area contributed by atoms with Gasteiger partial charge in [-0.25, -0.2) is 4.98 Å². The first-order chi connectivity index (χ1) is 10.7. The number of amides is 1. The zero-order valence-corrected chi connectivity index (χ0v) is 14.0. The minimum Gasteiger partial charge on any atom is -0.354 e. The third-order valence-electron chi connectivity index (χ3n) is 3.45. The molecule has 2 rings (SSSR count). The monoisotopic (exact) mass is 317 g/mol. The topological polar surface area (TPSA) is 54.0 Å². The summed E-state index contributed by atoms with van der Waals surface area (Å²) in [6.07, 6.45) is 1.46. The molecule has 1 heterocycles. The molecule has 118 valence electrons. The fourth-order valence-corrected chi connectivity index (χ4v) is 2.75. The van der Waals surface area contributed by atoms with E-state index in [1.54, 1.807) is 11.3 Å². The average molecular weight is 317 g/mol. The van der Waals surface area contributed by atoms with Crippen molar-refractivity contribution in [1.29, 1.82) is 0 Å². The molecule has 0 aliphatic heterocycles. The summed E-state index contributed by atoms with van der Waals surface area (Å²) in [4.78, 5) is 16.3. The number of rotatable bonds is 8. The van der Waals surface area contributed by atoms with Crippen LogP contribution in [0, 0.1) is 0 Å². The highest BCUT2D eigenvalue weighted by atomic mass is 32.1. The zero-order chi connectivity index (χ0) is 15.8. The number of nitrogens with zero attached hydrogens (tertiary/aromatic N) is 1. The quantitative estimate of drug-likeness (QED) is 0.735. The molecule has 0 saturated heterocycles. The van der Waals surface area contributed by atoms with Crippen LogP contribution >= 0.6 is 11.3 Å². The number of hydrogen-bond acceptors (Lipinski definition) is 4. The van der Waals surface area contributed by atoms with Gasteiger partial charge in [0.1, 0.15) is 5.01 Å². The molecule has 2 N–H and O–H groups in total. The lowest BCUT2D eigenvalue weighted by molar-refractivity contribution is -0.121. The minimum absolute atomic E-state index is 0.103. The second kappa shape index (κ2) is 8.66. The van der Waals surface area contributed by atoms with E-state index in [1.165, 1.54) is 0 Å². The molecule has 1 amide bonds. The van der Waals surface area contributed by atoms with E-state index in [1.807, 2.05) is 25.1 Å². The van der Waals surface area contributed by atoms with Crippen molar-refractivity contribution in [3.63, 3.8) is 0 Å². The molecule has 0 fully saturated rings. The first-order valence-electron chi connectivity index (χ1n) is 7.69. The van der Waals surface area contributed by atoms with Crippen LogP contribution < -0.4 is 10.6 Å². The highest BCUT2D eigenvalue weighted by Gasteiger charge is 2.06. The van der Waals surface area contributed by atoms with Gasteiger partial charge < -0.3 is 10.6 Å². The number of benzene rings is 1. The van der Waals surface area contributed by atoms with Gasteiger partial charge in [-0.1, -0.05) is 37.3 Å². The van der Waals surface area contributed by atoms with Gasteiger partial charge in [0.2, 0.25) is 5.91 Å². The van der Waals surface area contributed by atoms with Crippen molar-refractivity contribution in [2.45, 2.75) is 39.3 Å². The fraction of sp³-hybridized carbons (Fsp3) is 0.412. The third kappa shape index (κ3) is 5.24. The van der Waals surface area contributed by atoms with Crippen molar-refractivity contribution in [3.05, 3.63) is 40.7 Å². The van der Waals surface area contributed by atoms with Crippen LogP contribution in [0.4, 0.5) is 0 Å². The number of aromatic nitrogens is 1. The summed E-state index contributed by atoms with van der Waals surface area (Å²) in [6.45, 7) is 5.46. The van der Waals surface area contributed by atoms with Crippen molar-refractivity contribution >= 4 is 17.2 Å². The smallest absolute Gasteiger partial charge is 0.221 e. The average Bonchev–Trinajstić information content (AvgIpc) is 3.01. The van der Waals surface area contributed by atoms with Gasteiger partial charge in [-0.2, -0.15) is 0 Å². The summed E-state index contributed by atoms with van der Waals surface area (Å²) in [5.74, 6) is 0.103. The predicted octanol–water partition coefficient (Wildman–Crippen LogP) is 3.20. The van der Waals surface area contributed by atoms with E-state index < -0.39 is 0 Å². The maximum atomic E-state index is 11.6. The van der Waals surface area contributed by atoms with Crippen molar-refractivity contribution < 1.29 is 4.79 Å². The SMILES string of the molecule is CCC(C)NC(=O)CCNCc1nc(-c2ccccc2)cs1. The van der Waals surface area contributed by atoms with E-state index in [0.717, 1.165) is 22.7 Å². The Kier molecular flexibility index (Phi) is 6.55. The Hall–Kier alpha value is -1.72. The highest BCUT2D eigenvalue weighted by Crippen LogP contribution is 2.21. The van der Waals surface area contributed by atoms with E-state index in [2.05, 4.69) is 40.1 Å². The highest BCUT2D eigenvalue weighted by molar-refractivity contribution is 7.09. The third-order valence-corrected chi connectivity index (χ3v) is 4.29. The fourth-order valence-electron chi connectivity index (χ4n) is 1.98. The van der Waals surface area contributed by atoms with Crippen LogP contribution in [0.2, 0.25) is 0 Å². The second-order valence-electron chi connectivity index (χ2n) is 5.30. The lowest BCUT2D eigenvalue weighted by Gasteiger charge is -2.11. The minimum atomic E-state index is 0.103. The Balaban J connectivity index is 1.72. The van der Waals surface area contributed by atoms with E-state index in [9.17, 15) is 4.79 Å². The Labute approximate surface area is 136 Å². The van der Waals surface area contributed by atoms with Crippen LogP contribution in [0.5, 0.6) is 0 Å². The van der Waals surface area contributed by atoms with Gasteiger partial charge in [-0.3, -0.25) is 4.79 Å². The largest absolute Gasteiger partial charge is 0.354 e. The van der Waals surface area contributed by atoms with Gasteiger partial charge in [0.05, 0.1) is 5.69 Å². The molecule has 4 nitrogen and oxygen atoms in total. The van der Waals surface area contributed by atoms with E-state index >= 15 is 0 Å². The molecular formula is C17H23N3OS. The molecule has 5 heteroatoms. The number of thiazole rings is 1. The molecule has 0 spiro atoms. The van der Waals surface area contributed by atoms with Crippen LogP contribution in [0.3, 0.4) is 0 Å². The maximum absolute atomic E-state index is 11.6. The molecule has 22 heavy (non-hydrogen) atoms. The van der Waals surface area contributed by atoms with Crippen molar-refractivity contribution in [2.24, 2.45) is 0 Å². The summed E-state index contributed by atoms with van der Waals surface area (Å²) >= 11 is 1.64. The Morgan fingerprint density at radius 3 is 2.82 bits per heavy atom. The van der Waals surface area contributed by atoms with Crippen molar-refractivity contribution in [2.75, 3.05) is 6.54 Å². The van der Waals surface area contributed by atoms with Gasteiger partial charge in [0, 0.05) is 36.5 Å². The standard InChI is InChI=1S/C17H23N3OS/c1-3-13(2)19-16(21)9-10-18-11-17-20-15(12-22-17)14-7-5-4-6-8-14/h4-8,12-13,18H,3,9-11H2,1-2H3,(H,19,21). The normalized spacial score (nSPS) is 12.1. The van der Waals surface area contributed by atoms with Crippen LogP contribution in [0.25, 0.3) is 11.3 Å². The summed E-state index contributed by atoms with van der Waals surface area (Å²) < 4.78 is 0. The lowest BCUT2D eigenvalue weighted by Crippen LogP contribution is -2.33. The maximum Gasteiger partial charge on any atom is 0.221 e. The summed E-state index contributed by atoms with van der Waals surface area (Å²) in [5, 5.41) is 9.35. The summed E-state index contributed by atoms with van der Waals surface area (Å²) in [6, 6.07) is 10.4. The van der Waals surface area contributed by atoms with Crippen molar-refractivity contribution in [1.82, 2.24) is 15.6 Å². The molecule has 1 aromatic heterocycles. The lowest BCUT2D eigenvalue weighted by atomic mass is 10.2. The molecule has 0 aliphatic carbocycles. The Morgan fingerprint density at radius 2 is 2.09 bits per heavy atom. The van der Waals surface area contributed by atoms with Crippen LogP contribution in [0.15, 0.2) is 35.7 Å². The van der Waals surface area contributed by atoms with Crippen LogP contribution in [-0.4, -0.2) is 23.5 Å². The number of hydrogen-bond donors (Lipinski definition) is 2. The Morgan fingerprint density at radius 1 is 1.32 bits per heavy atom. The summed E-state index contributed by atoms with van der Waals surface area (Å²) in [5.41, 5.74) is 2.15. The second-order valence-corrected chi connectivity index (χ2v) is 6.24. The number of carbonyl (C=O) groups excluding carboxylic acids is 1. The molecule has 1 atom stereocenters. The van der Waals surface area contributed by atoms with Crippen LogP contribution in [-0.2, 0) is 11.3 Å². The zero-order valence-electron chi connectivity index (χ0n) is 13.1. The molecule has 0 saturated carbocycles. The molecule has 0 radical (unpaired) electrons. The molecule has 0 aliphatic rings. The predicted molar refractivity (Wildman–Crippen MR) is 91.8 cm³/mol.